The second kappa shape index (κ2) is 7.18. The zero-order valence-electron chi connectivity index (χ0n) is 13.8. The molecule has 6 heteroatoms. The number of nitrogens with zero attached hydrogens (tertiary/aromatic N) is 2. The van der Waals surface area contributed by atoms with Gasteiger partial charge >= 0.3 is 5.97 Å². The first-order valence-corrected chi connectivity index (χ1v) is 9.92. The molecule has 23 heavy (non-hydrogen) atoms. The normalized spacial score (nSPS) is 18.7. The molecule has 1 aliphatic carbocycles. The number of thioether (sulfide) groups is 1. The van der Waals surface area contributed by atoms with Gasteiger partial charge in [-0.15, -0.1) is 11.3 Å². The highest BCUT2D eigenvalue weighted by Crippen LogP contribution is 2.41. The van der Waals surface area contributed by atoms with Crippen LogP contribution >= 0.6 is 23.1 Å². The van der Waals surface area contributed by atoms with Crippen LogP contribution in [0.4, 0.5) is 0 Å². The number of hydrogen-bond donors (Lipinski definition) is 0. The van der Waals surface area contributed by atoms with Crippen LogP contribution in [0.2, 0.25) is 0 Å². The van der Waals surface area contributed by atoms with Crippen molar-refractivity contribution in [3.05, 3.63) is 16.8 Å². The van der Waals surface area contributed by atoms with Gasteiger partial charge in [0.15, 0.2) is 0 Å². The maximum absolute atomic E-state index is 12.1. The summed E-state index contributed by atoms with van der Waals surface area (Å²) in [6, 6.07) is 0. The van der Waals surface area contributed by atoms with E-state index in [1.54, 1.807) is 17.7 Å². The summed E-state index contributed by atoms with van der Waals surface area (Å²) in [6.07, 6.45) is 5.79. The van der Waals surface area contributed by atoms with Crippen molar-refractivity contribution in [1.82, 2.24) is 9.97 Å². The minimum Gasteiger partial charge on any atom is -0.465 e. The molecule has 0 N–H and O–H groups in total. The molecule has 0 spiro atoms. The molecule has 0 unspecified atom stereocenters. The number of rotatable bonds is 5. The lowest BCUT2D eigenvalue weighted by Crippen LogP contribution is -2.19. The number of aryl methyl sites for hydroxylation is 1. The lowest BCUT2D eigenvalue weighted by Gasteiger charge is -2.18. The van der Waals surface area contributed by atoms with E-state index in [9.17, 15) is 4.79 Å². The monoisotopic (exact) mass is 350 g/mol. The van der Waals surface area contributed by atoms with Gasteiger partial charge in [0.2, 0.25) is 0 Å². The van der Waals surface area contributed by atoms with Crippen molar-refractivity contribution < 1.29 is 9.53 Å². The van der Waals surface area contributed by atoms with E-state index in [0.29, 0.717) is 6.61 Å². The summed E-state index contributed by atoms with van der Waals surface area (Å²) >= 11 is 3.32. The van der Waals surface area contributed by atoms with E-state index in [2.05, 4.69) is 16.9 Å². The smallest absolute Gasteiger partial charge is 0.319 e. The van der Waals surface area contributed by atoms with Crippen LogP contribution < -0.4 is 0 Å². The lowest BCUT2D eigenvalue weighted by atomic mass is 9.89. The highest BCUT2D eigenvalue weighted by molar-refractivity contribution is 8.00. The third kappa shape index (κ3) is 3.38. The van der Waals surface area contributed by atoms with Crippen molar-refractivity contribution in [3.63, 3.8) is 0 Å². The van der Waals surface area contributed by atoms with E-state index >= 15 is 0 Å². The summed E-state index contributed by atoms with van der Waals surface area (Å²) in [6.45, 7) is 6.58. The van der Waals surface area contributed by atoms with Crippen LogP contribution in [0, 0.1) is 5.92 Å². The van der Waals surface area contributed by atoms with E-state index in [1.165, 1.54) is 34.0 Å². The Labute approximate surface area is 145 Å². The third-order valence-electron chi connectivity index (χ3n) is 4.23. The number of ether oxygens (including phenoxy) is 1. The van der Waals surface area contributed by atoms with Crippen LogP contribution in [0.1, 0.15) is 44.1 Å². The molecular formula is C17H22N2O2S2. The van der Waals surface area contributed by atoms with E-state index in [-0.39, 0.29) is 11.2 Å². The first kappa shape index (κ1) is 16.7. The number of fused-ring (bicyclic) bond motifs is 3. The average molecular weight is 351 g/mol. The number of aromatic nitrogens is 2. The number of carbonyl (C=O) groups excluding carboxylic acids is 1. The molecule has 0 fully saturated rings. The van der Waals surface area contributed by atoms with Gasteiger partial charge in [-0.25, -0.2) is 9.97 Å². The van der Waals surface area contributed by atoms with E-state index < -0.39 is 0 Å². The van der Waals surface area contributed by atoms with Gasteiger partial charge in [-0.2, -0.15) is 0 Å². The predicted molar refractivity (Wildman–Crippen MR) is 95.2 cm³/mol. The van der Waals surface area contributed by atoms with Crippen molar-refractivity contribution in [2.75, 3.05) is 6.61 Å². The summed E-state index contributed by atoms with van der Waals surface area (Å²) < 4.78 is 5.19. The molecule has 0 bridgehead atoms. The summed E-state index contributed by atoms with van der Waals surface area (Å²) in [7, 11) is 0. The number of thiophene rings is 1. The second-order valence-electron chi connectivity index (χ2n) is 5.98. The molecule has 1 aliphatic rings. The summed E-state index contributed by atoms with van der Waals surface area (Å²) in [4.78, 5) is 23.6. The van der Waals surface area contributed by atoms with E-state index in [1.807, 2.05) is 13.8 Å². The predicted octanol–water partition coefficient (Wildman–Crippen LogP) is 4.25. The molecule has 2 heterocycles. The molecule has 0 saturated carbocycles. The van der Waals surface area contributed by atoms with Gasteiger partial charge in [0.1, 0.15) is 21.4 Å². The maximum Gasteiger partial charge on any atom is 0.319 e. The Bertz CT molecular complexity index is 714. The van der Waals surface area contributed by atoms with Crippen LogP contribution in [0.25, 0.3) is 10.2 Å². The number of carbonyl (C=O) groups is 1. The fourth-order valence-corrected chi connectivity index (χ4v) is 5.46. The molecule has 2 aromatic rings. The van der Waals surface area contributed by atoms with Gasteiger partial charge in [-0.1, -0.05) is 25.6 Å². The number of esters is 1. The Morgan fingerprint density at radius 3 is 3.04 bits per heavy atom. The quantitative estimate of drug-likeness (QED) is 0.458. The standard InChI is InChI=1S/C17H22N2O2S2/c1-4-12(17(20)21-5-2)22-15-14-11-7-6-10(3)8-13(11)23-16(14)19-9-18-15/h9-10,12H,4-8H2,1-3H3/t10-,12-/m1/s1. The molecule has 124 valence electrons. The Morgan fingerprint density at radius 2 is 2.30 bits per heavy atom. The molecule has 4 nitrogen and oxygen atoms in total. The molecular weight excluding hydrogens is 328 g/mol. The molecule has 2 aromatic heterocycles. The van der Waals surface area contributed by atoms with Crippen molar-refractivity contribution in [2.24, 2.45) is 5.92 Å². The molecule has 0 saturated heterocycles. The fraction of sp³-hybridized carbons (Fsp3) is 0.588. The minimum atomic E-state index is -0.203. The van der Waals surface area contributed by atoms with Crippen LogP contribution in [0.5, 0.6) is 0 Å². The topological polar surface area (TPSA) is 52.1 Å². The van der Waals surface area contributed by atoms with Gasteiger partial charge in [-0.3, -0.25) is 4.79 Å². The molecule has 0 amide bonds. The van der Waals surface area contributed by atoms with Crippen molar-refractivity contribution in [1.29, 1.82) is 0 Å². The Hall–Kier alpha value is -1.14. The second-order valence-corrected chi connectivity index (χ2v) is 8.25. The Morgan fingerprint density at radius 1 is 1.48 bits per heavy atom. The zero-order chi connectivity index (χ0) is 16.4. The Kier molecular flexibility index (Phi) is 5.21. The Balaban J connectivity index is 1.96. The zero-order valence-corrected chi connectivity index (χ0v) is 15.4. The first-order valence-electron chi connectivity index (χ1n) is 8.22. The molecule has 0 aliphatic heterocycles. The van der Waals surface area contributed by atoms with Crippen LogP contribution in [-0.4, -0.2) is 27.8 Å². The largest absolute Gasteiger partial charge is 0.465 e. The lowest BCUT2D eigenvalue weighted by molar-refractivity contribution is -0.142. The summed E-state index contributed by atoms with van der Waals surface area (Å²) in [5, 5.41) is 1.90. The van der Waals surface area contributed by atoms with Gasteiger partial charge < -0.3 is 4.74 Å². The highest BCUT2D eigenvalue weighted by atomic mass is 32.2. The fourth-order valence-electron chi connectivity index (χ4n) is 3.00. The van der Waals surface area contributed by atoms with Crippen LogP contribution in [0.15, 0.2) is 11.4 Å². The van der Waals surface area contributed by atoms with Crippen molar-refractivity contribution >= 4 is 39.3 Å². The SMILES string of the molecule is CCOC(=O)[C@@H](CC)Sc1ncnc2sc3c(c12)CC[C@@H](C)C3. The highest BCUT2D eigenvalue weighted by Gasteiger charge is 2.26. The van der Waals surface area contributed by atoms with Gasteiger partial charge in [0.05, 0.1) is 6.61 Å². The molecule has 0 radical (unpaired) electrons. The average Bonchev–Trinajstić information content (AvgIpc) is 2.90. The van der Waals surface area contributed by atoms with Gasteiger partial charge in [0.25, 0.3) is 0 Å². The summed E-state index contributed by atoms with van der Waals surface area (Å²) in [5.74, 6) is 0.590. The molecule has 2 atom stereocenters. The first-order chi connectivity index (χ1) is 11.1. The van der Waals surface area contributed by atoms with Crippen molar-refractivity contribution in [3.8, 4) is 0 Å². The van der Waals surface area contributed by atoms with Crippen molar-refractivity contribution in [2.45, 2.75) is 56.7 Å². The van der Waals surface area contributed by atoms with Crippen LogP contribution in [0.3, 0.4) is 0 Å². The van der Waals surface area contributed by atoms with Crippen LogP contribution in [-0.2, 0) is 22.4 Å². The maximum atomic E-state index is 12.1. The molecule has 0 aromatic carbocycles. The van der Waals surface area contributed by atoms with Gasteiger partial charge in [0, 0.05) is 10.3 Å². The van der Waals surface area contributed by atoms with E-state index in [0.717, 1.165) is 35.0 Å². The van der Waals surface area contributed by atoms with Gasteiger partial charge in [-0.05, 0) is 44.1 Å². The minimum absolute atomic E-state index is 0.149. The number of hydrogen-bond acceptors (Lipinski definition) is 6. The summed E-state index contributed by atoms with van der Waals surface area (Å²) in [5.41, 5.74) is 1.41. The third-order valence-corrected chi connectivity index (χ3v) is 6.74. The molecule has 3 rings (SSSR count). The van der Waals surface area contributed by atoms with E-state index in [4.69, 9.17) is 4.74 Å².